The van der Waals surface area contributed by atoms with Crippen molar-refractivity contribution in [2.45, 2.75) is 46.7 Å². The summed E-state index contributed by atoms with van der Waals surface area (Å²) in [7, 11) is 3.97. The van der Waals surface area contributed by atoms with Crippen molar-refractivity contribution in [3.63, 3.8) is 0 Å². The first-order valence-corrected chi connectivity index (χ1v) is 11.1. The number of hydrogen-bond donors (Lipinski definition) is 2. The first-order chi connectivity index (χ1) is 14.9. The van der Waals surface area contributed by atoms with Gasteiger partial charge in [0.25, 0.3) is 0 Å². The van der Waals surface area contributed by atoms with Crippen molar-refractivity contribution in [3.8, 4) is 0 Å². The Balaban J connectivity index is 2.37. The largest absolute Gasteiger partial charge is 0.377 e. The van der Waals surface area contributed by atoms with Gasteiger partial charge < -0.3 is 20.4 Å². The highest BCUT2D eigenvalue weighted by atomic mass is 16.2. The minimum atomic E-state index is -0.236. The van der Waals surface area contributed by atoms with Crippen LogP contribution in [-0.4, -0.2) is 37.5 Å². The van der Waals surface area contributed by atoms with E-state index >= 15 is 0 Å². The minimum absolute atomic E-state index is 0.00292. The van der Waals surface area contributed by atoms with E-state index in [9.17, 15) is 9.59 Å². The SMILES string of the molecule is CCNC(=O)Nc1ccc(N(C)C)c(CN(Cc2ccccc2)C(=O)C(CC)CC)c1. The number of hydrogen-bond acceptors (Lipinski definition) is 3. The Kier molecular flexibility index (Phi) is 9.38. The first-order valence-electron chi connectivity index (χ1n) is 11.1. The van der Waals surface area contributed by atoms with Gasteiger partial charge in [-0.25, -0.2) is 4.79 Å². The molecular formula is C25H36N4O2. The second-order valence-electron chi connectivity index (χ2n) is 7.92. The predicted octanol–water partition coefficient (Wildman–Crippen LogP) is 4.86. The van der Waals surface area contributed by atoms with E-state index in [4.69, 9.17) is 0 Å². The lowest BCUT2D eigenvalue weighted by molar-refractivity contribution is -0.137. The Bertz CT molecular complexity index is 848. The molecule has 6 nitrogen and oxygen atoms in total. The molecule has 0 atom stereocenters. The Hall–Kier alpha value is -3.02. The summed E-state index contributed by atoms with van der Waals surface area (Å²) in [5.41, 5.74) is 3.83. The first kappa shape index (κ1) is 24.3. The molecule has 0 saturated carbocycles. The number of nitrogens with one attached hydrogen (secondary N) is 2. The molecule has 0 heterocycles. The molecule has 0 bridgehead atoms. The Morgan fingerprint density at radius 1 is 0.935 bits per heavy atom. The topological polar surface area (TPSA) is 64.7 Å². The van der Waals surface area contributed by atoms with Gasteiger partial charge in [0, 0.05) is 51.0 Å². The Morgan fingerprint density at radius 2 is 1.61 bits per heavy atom. The number of urea groups is 1. The van der Waals surface area contributed by atoms with Gasteiger partial charge in [0.05, 0.1) is 0 Å². The van der Waals surface area contributed by atoms with Crippen LogP contribution in [0.3, 0.4) is 0 Å². The second-order valence-corrected chi connectivity index (χ2v) is 7.92. The van der Waals surface area contributed by atoms with Crippen LogP contribution >= 0.6 is 0 Å². The molecular weight excluding hydrogens is 388 g/mol. The third kappa shape index (κ3) is 7.02. The Morgan fingerprint density at radius 3 is 2.19 bits per heavy atom. The van der Waals surface area contributed by atoms with Gasteiger partial charge in [-0.1, -0.05) is 44.2 Å². The molecule has 0 aromatic heterocycles. The maximum atomic E-state index is 13.4. The molecule has 6 heteroatoms. The van der Waals surface area contributed by atoms with Gasteiger partial charge in [0.2, 0.25) is 5.91 Å². The summed E-state index contributed by atoms with van der Waals surface area (Å²) >= 11 is 0. The number of carbonyl (C=O) groups is 2. The van der Waals surface area contributed by atoms with Gasteiger partial charge in [-0.15, -0.1) is 0 Å². The molecule has 0 radical (unpaired) electrons. The smallest absolute Gasteiger partial charge is 0.319 e. The van der Waals surface area contributed by atoms with Gasteiger partial charge in [0.15, 0.2) is 0 Å². The summed E-state index contributed by atoms with van der Waals surface area (Å²) in [4.78, 5) is 29.3. The number of benzene rings is 2. The second kappa shape index (κ2) is 12.0. The lowest BCUT2D eigenvalue weighted by Crippen LogP contribution is -2.35. The number of anilines is 2. The molecule has 168 valence electrons. The maximum absolute atomic E-state index is 13.4. The molecule has 0 aliphatic rings. The highest BCUT2D eigenvalue weighted by molar-refractivity contribution is 5.89. The molecule has 0 unspecified atom stereocenters. The van der Waals surface area contributed by atoms with Crippen molar-refractivity contribution in [2.24, 2.45) is 5.92 Å². The molecule has 0 fully saturated rings. The van der Waals surface area contributed by atoms with E-state index in [0.717, 1.165) is 29.7 Å². The monoisotopic (exact) mass is 424 g/mol. The van der Waals surface area contributed by atoms with E-state index in [1.807, 2.05) is 79.3 Å². The minimum Gasteiger partial charge on any atom is -0.377 e. The van der Waals surface area contributed by atoms with Crippen molar-refractivity contribution in [1.29, 1.82) is 0 Å². The number of nitrogens with zero attached hydrogens (tertiary/aromatic N) is 2. The van der Waals surface area contributed by atoms with Gasteiger partial charge in [-0.05, 0) is 49.1 Å². The fourth-order valence-corrected chi connectivity index (χ4v) is 3.68. The standard InChI is InChI=1S/C25H36N4O2/c1-6-20(7-2)24(30)29(17-19-12-10-9-11-13-19)18-21-16-22(27-25(31)26-8-3)14-15-23(21)28(4)5/h9-16,20H,6-8,17-18H2,1-5H3,(H2,26,27,31). The molecule has 2 N–H and O–H groups in total. The van der Waals surface area contributed by atoms with E-state index in [1.54, 1.807) is 0 Å². The maximum Gasteiger partial charge on any atom is 0.319 e. The lowest BCUT2D eigenvalue weighted by atomic mass is 10.0. The van der Waals surface area contributed by atoms with Crippen molar-refractivity contribution >= 4 is 23.3 Å². The normalized spacial score (nSPS) is 10.6. The summed E-state index contributed by atoms with van der Waals surface area (Å²) in [6.45, 7) is 7.60. The molecule has 2 rings (SSSR count). The van der Waals surface area contributed by atoms with E-state index in [0.29, 0.717) is 25.3 Å². The molecule has 2 aromatic rings. The lowest BCUT2D eigenvalue weighted by Gasteiger charge is -2.29. The molecule has 0 spiro atoms. The zero-order chi connectivity index (χ0) is 22.8. The van der Waals surface area contributed by atoms with Crippen LogP contribution in [0.4, 0.5) is 16.2 Å². The molecule has 0 aliphatic heterocycles. The van der Waals surface area contributed by atoms with Gasteiger partial charge >= 0.3 is 6.03 Å². The summed E-state index contributed by atoms with van der Waals surface area (Å²) < 4.78 is 0. The van der Waals surface area contributed by atoms with E-state index in [-0.39, 0.29) is 17.9 Å². The van der Waals surface area contributed by atoms with Gasteiger partial charge in [0.1, 0.15) is 0 Å². The van der Waals surface area contributed by atoms with Crippen LogP contribution in [-0.2, 0) is 17.9 Å². The molecule has 2 aromatic carbocycles. The van der Waals surface area contributed by atoms with Crippen molar-refractivity contribution in [2.75, 3.05) is 30.9 Å². The zero-order valence-corrected chi connectivity index (χ0v) is 19.4. The van der Waals surface area contributed by atoms with Crippen LogP contribution < -0.4 is 15.5 Å². The molecule has 0 saturated heterocycles. The summed E-state index contributed by atoms with van der Waals surface area (Å²) in [5, 5.41) is 5.62. The van der Waals surface area contributed by atoms with Crippen LogP contribution in [0.25, 0.3) is 0 Å². The summed E-state index contributed by atoms with van der Waals surface area (Å²) in [6, 6.07) is 15.7. The predicted molar refractivity (Wildman–Crippen MR) is 128 cm³/mol. The van der Waals surface area contributed by atoms with Crippen LogP contribution in [0.5, 0.6) is 0 Å². The van der Waals surface area contributed by atoms with Crippen LogP contribution in [0.2, 0.25) is 0 Å². The van der Waals surface area contributed by atoms with Crippen LogP contribution in [0.1, 0.15) is 44.7 Å². The highest BCUT2D eigenvalue weighted by Crippen LogP contribution is 2.26. The molecule has 3 amide bonds. The number of amides is 3. The summed E-state index contributed by atoms with van der Waals surface area (Å²) in [6.07, 6.45) is 1.64. The number of rotatable bonds is 10. The van der Waals surface area contributed by atoms with Crippen LogP contribution in [0.15, 0.2) is 48.5 Å². The quantitative estimate of drug-likeness (QED) is 0.572. The zero-order valence-electron chi connectivity index (χ0n) is 19.4. The highest BCUT2D eigenvalue weighted by Gasteiger charge is 2.23. The third-order valence-electron chi connectivity index (χ3n) is 5.38. The van der Waals surface area contributed by atoms with E-state index < -0.39 is 0 Å². The molecule has 31 heavy (non-hydrogen) atoms. The average molecular weight is 425 g/mol. The van der Waals surface area contributed by atoms with Crippen molar-refractivity contribution in [3.05, 3.63) is 59.7 Å². The summed E-state index contributed by atoms with van der Waals surface area (Å²) in [5.74, 6) is 0.170. The van der Waals surface area contributed by atoms with E-state index in [1.165, 1.54) is 0 Å². The fourth-order valence-electron chi connectivity index (χ4n) is 3.68. The number of carbonyl (C=O) groups excluding carboxylic acids is 2. The molecule has 0 aliphatic carbocycles. The average Bonchev–Trinajstić information content (AvgIpc) is 2.75. The fraction of sp³-hybridized carbons (Fsp3) is 0.440. The van der Waals surface area contributed by atoms with Crippen molar-refractivity contribution in [1.82, 2.24) is 10.2 Å². The third-order valence-corrected chi connectivity index (χ3v) is 5.38. The van der Waals surface area contributed by atoms with Gasteiger partial charge in [-0.3, -0.25) is 4.79 Å². The van der Waals surface area contributed by atoms with E-state index in [2.05, 4.69) is 24.5 Å². The Labute approximate surface area is 186 Å². The van der Waals surface area contributed by atoms with Crippen molar-refractivity contribution < 1.29 is 9.59 Å². The van der Waals surface area contributed by atoms with Crippen LogP contribution in [0, 0.1) is 5.92 Å². The van der Waals surface area contributed by atoms with Gasteiger partial charge in [-0.2, -0.15) is 0 Å².